The largest absolute Gasteiger partial charge is 0.490 e. The van der Waals surface area contributed by atoms with Crippen LogP contribution >= 0.6 is 15.9 Å². The molecule has 2 aromatic rings. The Labute approximate surface area is 144 Å². The number of ether oxygens (including phenoxy) is 2. The van der Waals surface area contributed by atoms with E-state index in [4.69, 9.17) is 9.47 Å². The molecule has 0 saturated heterocycles. The number of rotatable bonds is 6. The van der Waals surface area contributed by atoms with Gasteiger partial charge in [-0.15, -0.1) is 0 Å². The SMILES string of the molecule is Cc1cc(C)c(C)c(OCCOc2ccc(Br)cc2C(=O)O)c1. The average Bonchev–Trinajstić information content (AvgIpc) is 2.49. The molecular formula is C18H19BrO4. The number of aromatic carboxylic acids is 1. The Morgan fingerprint density at radius 1 is 1.04 bits per heavy atom. The summed E-state index contributed by atoms with van der Waals surface area (Å²) in [4.78, 5) is 11.2. The van der Waals surface area contributed by atoms with Gasteiger partial charge in [0.15, 0.2) is 0 Å². The fraction of sp³-hybridized carbons (Fsp3) is 0.278. The molecule has 0 atom stereocenters. The van der Waals surface area contributed by atoms with Gasteiger partial charge in [-0.3, -0.25) is 0 Å². The first-order valence-electron chi connectivity index (χ1n) is 7.25. The summed E-state index contributed by atoms with van der Waals surface area (Å²) in [6, 6.07) is 9.00. The Morgan fingerprint density at radius 2 is 1.70 bits per heavy atom. The van der Waals surface area contributed by atoms with E-state index in [2.05, 4.69) is 22.0 Å². The predicted molar refractivity (Wildman–Crippen MR) is 92.7 cm³/mol. The highest BCUT2D eigenvalue weighted by atomic mass is 79.9. The van der Waals surface area contributed by atoms with Crippen molar-refractivity contribution in [1.82, 2.24) is 0 Å². The minimum Gasteiger partial charge on any atom is -0.490 e. The molecular weight excluding hydrogens is 360 g/mol. The minimum absolute atomic E-state index is 0.127. The zero-order valence-electron chi connectivity index (χ0n) is 13.4. The Balaban J connectivity index is 1.98. The Morgan fingerprint density at radius 3 is 2.35 bits per heavy atom. The van der Waals surface area contributed by atoms with Gasteiger partial charge in [0.05, 0.1) is 0 Å². The first kappa shape index (κ1) is 17.3. The molecule has 0 spiro atoms. The normalized spacial score (nSPS) is 10.4. The van der Waals surface area contributed by atoms with Crippen LogP contribution in [-0.2, 0) is 0 Å². The topological polar surface area (TPSA) is 55.8 Å². The predicted octanol–water partition coefficient (Wildman–Crippen LogP) is 4.53. The molecule has 0 radical (unpaired) electrons. The molecule has 4 nitrogen and oxygen atoms in total. The van der Waals surface area contributed by atoms with E-state index in [-0.39, 0.29) is 12.2 Å². The number of benzene rings is 2. The van der Waals surface area contributed by atoms with E-state index >= 15 is 0 Å². The van der Waals surface area contributed by atoms with Crippen LogP contribution in [-0.4, -0.2) is 24.3 Å². The van der Waals surface area contributed by atoms with Crippen LogP contribution in [0.25, 0.3) is 0 Å². The van der Waals surface area contributed by atoms with Crippen molar-refractivity contribution in [1.29, 1.82) is 0 Å². The van der Waals surface area contributed by atoms with Crippen molar-refractivity contribution in [2.75, 3.05) is 13.2 Å². The van der Waals surface area contributed by atoms with Crippen molar-refractivity contribution in [3.05, 3.63) is 57.1 Å². The van der Waals surface area contributed by atoms with E-state index in [9.17, 15) is 9.90 Å². The smallest absolute Gasteiger partial charge is 0.339 e. The molecule has 2 rings (SSSR count). The summed E-state index contributed by atoms with van der Waals surface area (Å²) in [6.45, 7) is 6.71. The van der Waals surface area contributed by atoms with Crippen molar-refractivity contribution in [3.63, 3.8) is 0 Å². The fourth-order valence-corrected chi connectivity index (χ4v) is 2.61. The number of carboxylic acid groups (broad SMARTS) is 1. The molecule has 0 fully saturated rings. The van der Waals surface area contributed by atoms with Gasteiger partial charge in [0.25, 0.3) is 0 Å². The highest BCUT2D eigenvalue weighted by Crippen LogP contribution is 2.25. The van der Waals surface area contributed by atoms with Gasteiger partial charge < -0.3 is 14.6 Å². The van der Waals surface area contributed by atoms with Gasteiger partial charge >= 0.3 is 5.97 Å². The lowest BCUT2D eigenvalue weighted by Crippen LogP contribution is -2.12. The summed E-state index contributed by atoms with van der Waals surface area (Å²) in [5.74, 6) is 0.147. The molecule has 0 saturated carbocycles. The quantitative estimate of drug-likeness (QED) is 0.750. The lowest BCUT2D eigenvalue weighted by atomic mass is 10.1. The van der Waals surface area contributed by atoms with E-state index in [1.807, 2.05) is 26.8 Å². The van der Waals surface area contributed by atoms with Crippen molar-refractivity contribution in [2.45, 2.75) is 20.8 Å². The van der Waals surface area contributed by atoms with Gasteiger partial charge in [-0.05, 0) is 61.7 Å². The fourth-order valence-electron chi connectivity index (χ4n) is 2.25. The molecule has 5 heteroatoms. The molecule has 0 unspecified atom stereocenters. The maximum absolute atomic E-state index is 11.2. The van der Waals surface area contributed by atoms with E-state index in [1.54, 1.807) is 12.1 Å². The van der Waals surface area contributed by atoms with Crippen LogP contribution in [0, 0.1) is 20.8 Å². The number of carbonyl (C=O) groups is 1. The minimum atomic E-state index is -1.02. The van der Waals surface area contributed by atoms with Crippen molar-refractivity contribution >= 4 is 21.9 Å². The van der Waals surface area contributed by atoms with Crippen LogP contribution in [0.2, 0.25) is 0 Å². The molecule has 0 amide bonds. The highest BCUT2D eigenvalue weighted by Gasteiger charge is 2.12. The highest BCUT2D eigenvalue weighted by molar-refractivity contribution is 9.10. The van der Waals surface area contributed by atoms with Crippen molar-refractivity contribution in [3.8, 4) is 11.5 Å². The molecule has 0 aliphatic carbocycles. The third kappa shape index (κ3) is 4.48. The first-order valence-corrected chi connectivity index (χ1v) is 8.04. The Hall–Kier alpha value is -2.01. The third-order valence-electron chi connectivity index (χ3n) is 3.53. The van der Waals surface area contributed by atoms with E-state index in [1.165, 1.54) is 11.6 Å². The van der Waals surface area contributed by atoms with Gasteiger partial charge in [-0.25, -0.2) is 4.79 Å². The van der Waals surface area contributed by atoms with Crippen LogP contribution < -0.4 is 9.47 Å². The molecule has 23 heavy (non-hydrogen) atoms. The van der Waals surface area contributed by atoms with Crippen LogP contribution in [0.3, 0.4) is 0 Å². The number of aryl methyl sites for hydroxylation is 2. The van der Waals surface area contributed by atoms with E-state index in [0.29, 0.717) is 16.8 Å². The summed E-state index contributed by atoms with van der Waals surface area (Å²) in [6.07, 6.45) is 0. The van der Waals surface area contributed by atoms with Gasteiger partial charge in [0, 0.05) is 4.47 Å². The Bertz CT molecular complexity index is 725. The summed E-state index contributed by atoms with van der Waals surface area (Å²) in [5, 5.41) is 9.19. The van der Waals surface area contributed by atoms with Gasteiger partial charge in [0.1, 0.15) is 30.3 Å². The number of hydrogen-bond donors (Lipinski definition) is 1. The lowest BCUT2D eigenvalue weighted by Gasteiger charge is -2.13. The van der Waals surface area contributed by atoms with Crippen LogP contribution in [0.5, 0.6) is 11.5 Å². The molecule has 122 valence electrons. The molecule has 0 aliphatic rings. The monoisotopic (exact) mass is 378 g/mol. The third-order valence-corrected chi connectivity index (χ3v) is 4.03. The zero-order chi connectivity index (χ0) is 17.0. The number of halogens is 1. The van der Waals surface area contributed by atoms with Gasteiger partial charge in [-0.1, -0.05) is 22.0 Å². The number of hydrogen-bond acceptors (Lipinski definition) is 3. The van der Waals surface area contributed by atoms with Gasteiger partial charge in [-0.2, -0.15) is 0 Å². The molecule has 0 heterocycles. The maximum atomic E-state index is 11.2. The van der Waals surface area contributed by atoms with Crippen LogP contribution in [0.1, 0.15) is 27.0 Å². The van der Waals surface area contributed by atoms with Crippen LogP contribution in [0.15, 0.2) is 34.8 Å². The zero-order valence-corrected chi connectivity index (χ0v) is 14.9. The second-order valence-corrected chi connectivity index (χ2v) is 6.26. The van der Waals surface area contributed by atoms with Gasteiger partial charge in [0.2, 0.25) is 0 Å². The van der Waals surface area contributed by atoms with Crippen molar-refractivity contribution < 1.29 is 19.4 Å². The van der Waals surface area contributed by atoms with E-state index < -0.39 is 5.97 Å². The standard InChI is InChI=1S/C18H19BrO4/c1-11-8-12(2)13(3)17(9-11)23-7-6-22-16-5-4-14(19)10-15(16)18(20)21/h4-5,8-10H,6-7H2,1-3H3,(H,20,21). The van der Waals surface area contributed by atoms with Crippen LogP contribution in [0.4, 0.5) is 0 Å². The molecule has 1 N–H and O–H groups in total. The molecule has 0 aromatic heterocycles. The maximum Gasteiger partial charge on any atom is 0.339 e. The second-order valence-electron chi connectivity index (χ2n) is 5.35. The second kappa shape index (κ2) is 7.51. The summed E-state index contributed by atoms with van der Waals surface area (Å²) >= 11 is 3.25. The average molecular weight is 379 g/mol. The molecule has 0 bridgehead atoms. The Kier molecular flexibility index (Phi) is 5.66. The first-order chi connectivity index (χ1) is 10.9. The summed E-state index contributed by atoms with van der Waals surface area (Å²) in [7, 11) is 0. The number of carboxylic acids is 1. The molecule has 2 aromatic carbocycles. The van der Waals surface area contributed by atoms with E-state index in [0.717, 1.165) is 16.9 Å². The molecule has 0 aliphatic heterocycles. The summed E-state index contributed by atoms with van der Waals surface area (Å²) in [5.41, 5.74) is 3.56. The lowest BCUT2D eigenvalue weighted by molar-refractivity contribution is 0.0691. The summed E-state index contributed by atoms with van der Waals surface area (Å²) < 4.78 is 12.0. The van der Waals surface area contributed by atoms with Crippen molar-refractivity contribution in [2.24, 2.45) is 0 Å².